The van der Waals surface area contributed by atoms with Crippen molar-refractivity contribution in [1.82, 2.24) is 15.0 Å². The highest BCUT2D eigenvalue weighted by molar-refractivity contribution is 5.99. The smallest absolute Gasteiger partial charge is 0.419 e. The number of nitrogen functional groups attached to an aromatic ring is 1. The first-order chi connectivity index (χ1) is 17.6. The second-order valence-corrected chi connectivity index (χ2v) is 7.46. The zero-order valence-electron chi connectivity index (χ0n) is 19.0. The van der Waals surface area contributed by atoms with Crippen LogP contribution in [0.5, 0.6) is 17.5 Å². The fraction of sp³-hybridized carbons (Fsp3) is 0.0833. The van der Waals surface area contributed by atoms with Gasteiger partial charge in [0, 0.05) is 17.3 Å². The van der Waals surface area contributed by atoms with Gasteiger partial charge in [-0.2, -0.15) is 13.2 Å². The third-order valence-corrected chi connectivity index (χ3v) is 4.91. The number of methoxy groups -OCH3 is 1. The first-order valence-electron chi connectivity index (χ1n) is 10.5. The Hall–Kier alpha value is -4.94. The lowest BCUT2D eigenvalue weighted by Crippen LogP contribution is -2.20. The van der Waals surface area contributed by atoms with E-state index in [1.54, 1.807) is 24.3 Å². The number of hydrogen-bond donors (Lipinski definition) is 3. The summed E-state index contributed by atoms with van der Waals surface area (Å²) in [7, 11) is 1.10. The number of hydrogen-bond acceptors (Lipinski definition) is 7. The van der Waals surface area contributed by atoms with Gasteiger partial charge in [-0.05, 0) is 35.9 Å². The largest absolute Gasteiger partial charge is 0.496 e. The third-order valence-electron chi connectivity index (χ3n) is 4.91. The third kappa shape index (κ3) is 6.20. The van der Waals surface area contributed by atoms with Crippen LogP contribution in [0.3, 0.4) is 0 Å². The molecule has 37 heavy (non-hydrogen) atoms. The van der Waals surface area contributed by atoms with Crippen molar-refractivity contribution < 1.29 is 31.8 Å². The molecule has 0 bridgehead atoms. The summed E-state index contributed by atoms with van der Waals surface area (Å²) in [4.78, 5) is 24.0. The van der Waals surface area contributed by atoms with E-state index < -0.39 is 29.3 Å². The number of halogens is 4. The standard InChI is InChI=1S/C24H18F4N6O3/c1-36-20-9-15(4-7-19(20)24(26,27)28)33-22(35)34-16-11-31-23(32-12-16)37-17-5-2-13(3-6-17)18-8-14(25)10-30-21(18)29/h2-12H,1H3,(H2,29,30)(H2,33,34,35). The van der Waals surface area contributed by atoms with Gasteiger partial charge in [0.15, 0.2) is 0 Å². The Morgan fingerprint density at radius 2 is 1.59 bits per heavy atom. The van der Waals surface area contributed by atoms with Gasteiger partial charge in [-0.15, -0.1) is 0 Å². The summed E-state index contributed by atoms with van der Waals surface area (Å²) in [5.74, 6) is -0.372. The number of pyridine rings is 1. The molecule has 0 aliphatic heterocycles. The number of benzene rings is 2. The number of aromatic nitrogens is 3. The predicted octanol–water partition coefficient (Wildman–Crippen LogP) is 5.72. The molecule has 0 unspecified atom stereocenters. The lowest BCUT2D eigenvalue weighted by Gasteiger charge is -2.14. The number of alkyl halides is 3. The molecule has 0 aliphatic rings. The Morgan fingerprint density at radius 1 is 0.919 bits per heavy atom. The van der Waals surface area contributed by atoms with Gasteiger partial charge in [0.25, 0.3) is 0 Å². The van der Waals surface area contributed by atoms with E-state index in [2.05, 4.69) is 25.6 Å². The number of nitrogens with one attached hydrogen (secondary N) is 2. The van der Waals surface area contributed by atoms with Crippen molar-refractivity contribution >= 4 is 23.2 Å². The summed E-state index contributed by atoms with van der Waals surface area (Å²) in [5.41, 5.74) is 6.19. The van der Waals surface area contributed by atoms with Crippen molar-refractivity contribution in [3.8, 4) is 28.6 Å². The number of anilines is 3. The number of urea groups is 1. The Morgan fingerprint density at radius 3 is 2.24 bits per heavy atom. The first-order valence-corrected chi connectivity index (χ1v) is 10.5. The zero-order valence-corrected chi connectivity index (χ0v) is 19.0. The maximum absolute atomic E-state index is 13.5. The fourth-order valence-electron chi connectivity index (χ4n) is 3.22. The molecule has 0 spiro atoms. The van der Waals surface area contributed by atoms with Crippen molar-refractivity contribution in [1.29, 1.82) is 0 Å². The van der Waals surface area contributed by atoms with Crippen LogP contribution in [0.15, 0.2) is 67.1 Å². The molecule has 13 heteroatoms. The van der Waals surface area contributed by atoms with E-state index in [-0.39, 0.29) is 23.2 Å². The molecule has 0 radical (unpaired) electrons. The van der Waals surface area contributed by atoms with Gasteiger partial charge in [-0.1, -0.05) is 12.1 Å². The van der Waals surface area contributed by atoms with E-state index in [0.717, 1.165) is 31.5 Å². The average molecular weight is 514 g/mol. The molecule has 0 aliphatic carbocycles. The summed E-state index contributed by atoms with van der Waals surface area (Å²) in [6.45, 7) is 0. The van der Waals surface area contributed by atoms with Crippen LogP contribution in [0, 0.1) is 5.82 Å². The molecular weight excluding hydrogens is 496 g/mol. The van der Waals surface area contributed by atoms with Crippen molar-refractivity contribution in [2.75, 3.05) is 23.5 Å². The molecule has 4 aromatic rings. The normalized spacial score (nSPS) is 11.1. The highest BCUT2D eigenvalue weighted by Gasteiger charge is 2.34. The number of rotatable bonds is 6. The fourth-order valence-corrected chi connectivity index (χ4v) is 3.22. The number of nitrogens with two attached hydrogens (primary N) is 1. The zero-order chi connectivity index (χ0) is 26.6. The Balaban J connectivity index is 1.36. The summed E-state index contributed by atoms with van der Waals surface area (Å²) >= 11 is 0. The van der Waals surface area contributed by atoms with Crippen molar-refractivity contribution in [3.63, 3.8) is 0 Å². The summed E-state index contributed by atoms with van der Waals surface area (Å²) in [5, 5.41) is 4.86. The summed E-state index contributed by atoms with van der Waals surface area (Å²) in [6, 6.07) is 10.0. The van der Waals surface area contributed by atoms with Crippen LogP contribution in [0.4, 0.5) is 39.5 Å². The molecule has 4 N–H and O–H groups in total. The molecule has 9 nitrogen and oxygen atoms in total. The van der Waals surface area contributed by atoms with Gasteiger partial charge in [-0.25, -0.2) is 24.1 Å². The van der Waals surface area contributed by atoms with Crippen LogP contribution in [0.1, 0.15) is 5.56 Å². The van der Waals surface area contributed by atoms with Crippen molar-refractivity contribution in [3.05, 3.63) is 78.5 Å². The molecule has 4 rings (SSSR count). The molecule has 0 atom stereocenters. The molecule has 2 aromatic carbocycles. The molecule has 2 aromatic heterocycles. The SMILES string of the molecule is COc1cc(NC(=O)Nc2cnc(Oc3ccc(-c4cc(F)cnc4N)cc3)nc2)ccc1C(F)(F)F. The van der Waals surface area contributed by atoms with Crippen molar-refractivity contribution in [2.45, 2.75) is 6.18 Å². The lowest BCUT2D eigenvalue weighted by molar-refractivity contribution is -0.138. The molecule has 0 fully saturated rings. The van der Waals surface area contributed by atoms with Gasteiger partial charge < -0.3 is 25.8 Å². The number of carbonyl (C=O) groups excluding carboxylic acids is 1. The Labute approximate surface area is 207 Å². The second kappa shape index (κ2) is 10.4. The van der Waals surface area contributed by atoms with E-state index in [1.807, 2.05) is 0 Å². The quantitative estimate of drug-likeness (QED) is 0.281. The van der Waals surface area contributed by atoms with Crippen LogP contribution >= 0.6 is 0 Å². The van der Waals surface area contributed by atoms with E-state index in [4.69, 9.17) is 15.2 Å². The summed E-state index contributed by atoms with van der Waals surface area (Å²) in [6.07, 6.45) is -1.00. The number of amides is 2. The number of carbonyl (C=O) groups is 1. The monoisotopic (exact) mass is 514 g/mol. The van der Waals surface area contributed by atoms with E-state index in [9.17, 15) is 22.4 Å². The minimum absolute atomic E-state index is 0.0156. The lowest BCUT2D eigenvalue weighted by atomic mass is 10.1. The molecule has 2 heterocycles. The Bertz CT molecular complexity index is 1410. The van der Waals surface area contributed by atoms with Crippen LogP contribution < -0.4 is 25.8 Å². The maximum Gasteiger partial charge on any atom is 0.419 e. The van der Waals surface area contributed by atoms with Gasteiger partial charge in [0.2, 0.25) is 0 Å². The second-order valence-electron chi connectivity index (χ2n) is 7.46. The van der Waals surface area contributed by atoms with Crippen LogP contribution in [-0.2, 0) is 6.18 Å². The van der Waals surface area contributed by atoms with Gasteiger partial charge in [-0.3, -0.25) is 0 Å². The van der Waals surface area contributed by atoms with Crippen LogP contribution in [-0.4, -0.2) is 28.1 Å². The summed E-state index contributed by atoms with van der Waals surface area (Å²) < 4.78 is 62.7. The van der Waals surface area contributed by atoms with E-state index in [0.29, 0.717) is 16.9 Å². The molecule has 190 valence electrons. The molecule has 0 saturated carbocycles. The van der Waals surface area contributed by atoms with Crippen molar-refractivity contribution in [2.24, 2.45) is 0 Å². The van der Waals surface area contributed by atoms with Crippen LogP contribution in [0.2, 0.25) is 0 Å². The van der Waals surface area contributed by atoms with E-state index in [1.165, 1.54) is 18.5 Å². The molecular formula is C24H18F4N6O3. The molecule has 2 amide bonds. The number of nitrogens with zero attached hydrogens (tertiary/aromatic N) is 3. The van der Waals surface area contributed by atoms with Gasteiger partial charge in [0.05, 0.1) is 37.0 Å². The minimum Gasteiger partial charge on any atom is -0.496 e. The number of ether oxygens (including phenoxy) is 2. The molecule has 0 saturated heterocycles. The van der Waals surface area contributed by atoms with Crippen LogP contribution in [0.25, 0.3) is 11.1 Å². The Kier molecular flexibility index (Phi) is 7.04. The predicted molar refractivity (Wildman–Crippen MR) is 127 cm³/mol. The van der Waals surface area contributed by atoms with E-state index >= 15 is 0 Å². The van der Waals surface area contributed by atoms with Gasteiger partial charge in [0.1, 0.15) is 23.1 Å². The topological polar surface area (TPSA) is 124 Å². The first kappa shape index (κ1) is 25.2. The average Bonchev–Trinajstić information content (AvgIpc) is 2.86. The highest BCUT2D eigenvalue weighted by atomic mass is 19.4. The minimum atomic E-state index is -4.60. The maximum atomic E-state index is 13.5. The highest BCUT2D eigenvalue weighted by Crippen LogP contribution is 2.37. The van der Waals surface area contributed by atoms with Gasteiger partial charge >= 0.3 is 18.2 Å².